The van der Waals surface area contributed by atoms with E-state index in [1.54, 1.807) is 0 Å². The zero-order valence-corrected chi connectivity index (χ0v) is 24.4. The molecule has 0 N–H and O–H groups in total. The van der Waals surface area contributed by atoms with Gasteiger partial charge in [0.25, 0.3) is 0 Å². The Morgan fingerprint density at radius 2 is 1.05 bits per heavy atom. The van der Waals surface area contributed by atoms with Crippen LogP contribution in [0.25, 0.3) is 22.9 Å². The summed E-state index contributed by atoms with van der Waals surface area (Å²) < 4.78 is 6.12. The maximum atomic E-state index is 6.12. The first-order valence-corrected chi connectivity index (χ1v) is 14.9. The van der Waals surface area contributed by atoms with Gasteiger partial charge >= 0.3 is 0 Å². The van der Waals surface area contributed by atoms with Crippen LogP contribution in [0.5, 0.6) is 0 Å². The molecule has 0 amide bonds. The van der Waals surface area contributed by atoms with Gasteiger partial charge in [0.15, 0.2) is 0 Å². The summed E-state index contributed by atoms with van der Waals surface area (Å²) in [5.41, 5.74) is 7.34. The summed E-state index contributed by atoms with van der Waals surface area (Å²) in [6.07, 6.45) is 6.93. The van der Waals surface area contributed by atoms with E-state index in [1.807, 2.05) is 36.4 Å². The lowest BCUT2D eigenvalue weighted by molar-refractivity contribution is 0.584. The van der Waals surface area contributed by atoms with Gasteiger partial charge in [0.2, 0.25) is 11.8 Å². The molecule has 5 aromatic carbocycles. The van der Waals surface area contributed by atoms with E-state index in [9.17, 15) is 0 Å². The second-order valence-electron chi connectivity index (χ2n) is 10.8. The van der Waals surface area contributed by atoms with Crippen LogP contribution in [0.4, 0.5) is 22.7 Å². The highest BCUT2D eigenvalue weighted by Gasteiger charge is 2.28. The summed E-state index contributed by atoms with van der Waals surface area (Å²) in [7, 11) is 0. The Bertz CT molecular complexity index is 1840. The standard InChI is InChI=1S/C39H32N4O/c1-29-27-36(42(32-18-8-3-9-19-32)33-20-10-4-11-21-33)25-26-37(29)43(34-22-12-5-13-23-34)35-24-14-17-31(28-35)39-41-40-38(44-39)30-15-6-2-7-16-30/h2-29,37H,1H3/t29?,37-/m0/s1. The molecular weight excluding hydrogens is 540 g/mol. The normalized spacial score (nSPS) is 15.9. The van der Waals surface area contributed by atoms with E-state index in [-0.39, 0.29) is 12.0 Å². The SMILES string of the molecule is CC1C=C(N(c2ccccc2)c2ccccc2)C=C[C@@H]1N(c1ccccc1)c1cccc(-c2nnc(-c3ccccc3)o2)c1. The number of benzene rings is 5. The number of hydrogen-bond acceptors (Lipinski definition) is 5. The highest BCUT2D eigenvalue weighted by atomic mass is 16.4. The van der Waals surface area contributed by atoms with Crippen LogP contribution in [-0.4, -0.2) is 16.2 Å². The van der Waals surface area contributed by atoms with E-state index in [0.717, 1.165) is 39.6 Å². The average molecular weight is 573 g/mol. The smallest absolute Gasteiger partial charge is 0.248 e. The van der Waals surface area contributed by atoms with E-state index in [4.69, 9.17) is 4.42 Å². The van der Waals surface area contributed by atoms with Gasteiger partial charge in [-0.05, 0) is 72.8 Å². The van der Waals surface area contributed by atoms with Crippen molar-refractivity contribution in [3.8, 4) is 22.9 Å². The Balaban J connectivity index is 1.24. The van der Waals surface area contributed by atoms with E-state index in [0.29, 0.717) is 11.8 Å². The Kier molecular flexibility index (Phi) is 7.58. The molecule has 0 bridgehead atoms. The number of para-hydroxylation sites is 3. The van der Waals surface area contributed by atoms with Crippen LogP contribution >= 0.6 is 0 Å². The second kappa shape index (κ2) is 12.3. The van der Waals surface area contributed by atoms with Crippen LogP contribution < -0.4 is 9.80 Å². The molecule has 0 saturated heterocycles. The van der Waals surface area contributed by atoms with Crippen LogP contribution in [0.2, 0.25) is 0 Å². The van der Waals surface area contributed by atoms with Crippen LogP contribution in [0.3, 0.4) is 0 Å². The molecule has 0 aliphatic heterocycles. The number of hydrogen-bond donors (Lipinski definition) is 0. The minimum absolute atomic E-state index is 0.0763. The maximum absolute atomic E-state index is 6.12. The first kappa shape index (κ1) is 27.2. The number of anilines is 4. The number of nitrogens with zero attached hydrogens (tertiary/aromatic N) is 4. The quantitative estimate of drug-likeness (QED) is 0.182. The van der Waals surface area contributed by atoms with Crippen molar-refractivity contribution >= 4 is 22.7 Å². The zero-order chi connectivity index (χ0) is 29.7. The molecule has 1 unspecified atom stereocenters. The molecule has 5 heteroatoms. The van der Waals surface area contributed by atoms with E-state index >= 15 is 0 Å². The summed E-state index contributed by atoms with van der Waals surface area (Å²) in [6, 6.07) is 49.9. The second-order valence-corrected chi connectivity index (χ2v) is 10.8. The third kappa shape index (κ3) is 5.55. The molecule has 1 heterocycles. The van der Waals surface area contributed by atoms with Gasteiger partial charge in [-0.15, -0.1) is 10.2 Å². The third-order valence-electron chi connectivity index (χ3n) is 7.87. The van der Waals surface area contributed by atoms with Gasteiger partial charge in [0, 0.05) is 45.5 Å². The lowest BCUT2D eigenvalue weighted by atomic mass is 9.92. The van der Waals surface area contributed by atoms with Gasteiger partial charge < -0.3 is 14.2 Å². The molecule has 0 fully saturated rings. The highest BCUT2D eigenvalue weighted by molar-refractivity contribution is 5.73. The predicted octanol–water partition coefficient (Wildman–Crippen LogP) is 9.84. The molecule has 1 aromatic heterocycles. The fraction of sp³-hybridized carbons (Fsp3) is 0.0769. The summed E-state index contributed by atoms with van der Waals surface area (Å²) in [6.45, 7) is 2.28. The highest BCUT2D eigenvalue weighted by Crippen LogP contribution is 2.38. The van der Waals surface area contributed by atoms with E-state index in [1.165, 1.54) is 0 Å². The van der Waals surface area contributed by atoms with Gasteiger partial charge in [-0.25, -0.2) is 0 Å². The fourth-order valence-corrected chi connectivity index (χ4v) is 5.78. The Morgan fingerprint density at radius 1 is 0.545 bits per heavy atom. The van der Waals surface area contributed by atoms with Crippen LogP contribution in [-0.2, 0) is 0 Å². The molecule has 214 valence electrons. The lowest BCUT2D eigenvalue weighted by Crippen LogP contribution is -2.36. The van der Waals surface area contributed by atoms with Crippen molar-refractivity contribution in [1.82, 2.24) is 10.2 Å². The monoisotopic (exact) mass is 572 g/mol. The average Bonchev–Trinajstić information content (AvgIpc) is 3.59. The molecule has 1 aliphatic rings. The van der Waals surface area contributed by atoms with Crippen molar-refractivity contribution < 1.29 is 4.42 Å². The molecule has 0 radical (unpaired) electrons. The van der Waals surface area contributed by atoms with Crippen molar-refractivity contribution in [2.24, 2.45) is 5.92 Å². The van der Waals surface area contributed by atoms with Gasteiger partial charge in [-0.3, -0.25) is 0 Å². The van der Waals surface area contributed by atoms with Crippen molar-refractivity contribution in [2.75, 3.05) is 9.80 Å². The van der Waals surface area contributed by atoms with Crippen molar-refractivity contribution in [3.63, 3.8) is 0 Å². The summed E-state index contributed by atoms with van der Waals surface area (Å²) in [5.74, 6) is 1.20. The van der Waals surface area contributed by atoms with Crippen LogP contribution in [0.1, 0.15) is 6.92 Å². The van der Waals surface area contributed by atoms with Crippen molar-refractivity contribution in [1.29, 1.82) is 0 Å². The van der Waals surface area contributed by atoms with E-state index in [2.05, 4.69) is 154 Å². The van der Waals surface area contributed by atoms with Crippen LogP contribution in [0, 0.1) is 5.92 Å². The Labute approximate surface area is 258 Å². The van der Waals surface area contributed by atoms with E-state index < -0.39 is 0 Å². The topological polar surface area (TPSA) is 45.4 Å². The largest absolute Gasteiger partial charge is 0.416 e. The first-order chi connectivity index (χ1) is 21.7. The molecule has 5 nitrogen and oxygen atoms in total. The number of allylic oxidation sites excluding steroid dienone is 1. The van der Waals surface area contributed by atoms with Gasteiger partial charge in [-0.1, -0.05) is 97.9 Å². The van der Waals surface area contributed by atoms with Crippen molar-refractivity contribution in [2.45, 2.75) is 13.0 Å². The Hall–Kier alpha value is -5.68. The predicted molar refractivity (Wildman–Crippen MR) is 179 cm³/mol. The fourth-order valence-electron chi connectivity index (χ4n) is 5.78. The summed E-state index contributed by atoms with van der Waals surface area (Å²) in [5, 5.41) is 8.70. The lowest BCUT2D eigenvalue weighted by Gasteiger charge is -2.38. The minimum atomic E-state index is 0.0763. The molecular formula is C39H32N4O. The maximum Gasteiger partial charge on any atom is 0.248 e. The molecule has 6 aromatic rings. The molecule has 7 rings (SSSR count). The molecule has 44 heavy (non-hydrogen) atoms. The molecule has 1 aliphatic carbocycles. The first-order valence-electron chi connectivity index (χ1n) is 14.9. The summed E-state index contributed by atoms with van der Waals surface area (Å²) >= 11 is 0. The third-order valence-corrected chi connectivity index (χ3v) is 7.87. The molecule has 2 atom stereocenters. The summed E-state index contributed by atoms with van der Waals surface area (Å²) in [4.78, 5) is 4.71. The van der Waals surface area contributed by atoms with Gasteiger partial charge in [-0.2, -0.15) is 0 Å². The number of aromatic nitrogens is 2. The minimum Gasteiger partial charge on any atom is -0.416 e. The van der Waals surface area contributed by atoms with Crippen molar-refractivity contribution in [3.05, 3.63) is 170 Å². The van der Waals surface area contributed by atoms with Gasteiger partial charge in [0.05, 0.1) is 6.04 Å². The number of rotatable bonds is 8. The zero-order valence-electron chi connectivity index (χ0n) is 24.4. The Morgan fingerprint density at radius 3 is 1.64 bits per heavy atom. The van der Waals surface area contributed by atoms with Crippen LogP contribution in [0.15, 0.2) is 174 Å². The molecule has 0 saturated carbocycles. The van der Waals surface area contributed by atoms with Gasteiger partial charge in [0.1, 0.15) is 0 Å². The molecule has 0 spiro atoms.